The second-order valence-electron chi connectivity index (χ2n) is 7.77. The van der Waals surface area contributed by atoms with Gasteiger partial charge in [0, 0.05) is 5.92 Å². The van der Waals surface area contributed by atoms with Crippen molar-refractivity contribution in [3.8, 4) is 11.5 Å². The topological polar surface area (TPSA) is 40.5 Å². The summed E-state index contributed by atoms with van der Waals surface area (Å²) in [6, 6.07) is 7.81. The Morgan fingerprint density at radius 1 is 0.692 bits per heavy atom. The van der Waals surface area contributed by atoms with Crippen molar-refractivity contribution in [2.75, 3.05) is 0 Å². The lowest BCUT2D eigenvalue weighted by molar-refractivity contribution is 0.468. The molecule has 0 radical (unpaired) electrons. The standard InChI is InChI=1S/C24H34O2/c1-8-14(3)23-17(6)21(25)12-10-19(23)16(5)20-11-13-22(26)18(7)24(20)15(4)9-2/h10-16,25-26H,8-9H2,1-7H3. The van der Waals surface area contributed by atoms with Crippen molar-refractivity contribution in [3.05, 3.63) is 57.6 Å². The van der Waals surface area contributed by atoms with Crippen molar-refractivity contribution < 1.29 is 10.2 Å². The number of phenolic OH excluding ortho intramolecular Hbond substituents is 2. The lowest BCUT2D eigenvalue weighted by atomic mass is 9.78. The Bertz CT molecular complexity index is 711. The molecule has 0 bridgehead atoms. The van der Waals surface area contributed by atoms with Crippen molar-refractivity contribution in [2.24, 2.45) is 0 Å². The number of benzene rings is 2. The van der Waals surface area contributed by atoms with Gasteiger partial charge in [-0.15, -0.1) is 0 Å². The molecule has 2 rings (SSSR count). The van der Waals surface area contributed by atoms with Crippen LogP contribution in [0.3, 0.4) is 0 Å². The molecule has 2 atom stereocenters. The number of rotatable bonds is 6. The fourth-order valence-corrected chi connectivity index (χ4v) is 4.12. The van der Waals surface area contributed by atoms with Crippen molar-refractivity contribution in [2.45, 2.75) is 79.1 Å². The van der Waals surface area contributed by atoms with Crippen LogP contribution >= 0.6 is 0 Å². The Morgan fingerprint density at radius 2 is 1.04 bits per heavy atom. The Labute approximate surface area is 158 Å². The molecule has 2 aromatic rings. The van der Waals surface area contributed by atoms with Crippen molar-refractivity contribution in [1.82, 2.24) is 0 Å². The molecule has 0 aromatic heterocycles. The predicted octanol–water partition coefficient (Wildman–Crippen LogP) is 6.89. The Morgan fingerprint density at radius 3 is 1.35 bits per heavy atom. The third kappa shape index (κ3) is 3.60. The van der Waals surface area contributed by atoms with Gasteiger partial charge in [0.1, 0.15) is 11.5 Å². The molecule has 142 valence electrons. The second-order valence-corrected chi connectivity index (χ2v) is 7.77. The van der Waals surface area contributed by atoms with E-state index in [1.54, 1.807) is 0 Å². The minimum Gasteiger partial charge on any atom is -0.508 e. The molecule has 26 heavy (non-hydrogen) atoms. The smallest absolute Gasteiger partial charge is 0.118 e. The molecule has 2 nitrogen and oxygen atoms in total. The van der Waals surface area contributed by atoms with Gasteiger partial charge in [-0.2, -0.15) is 0 Å². The maximum Gasteiger partial charge on any atom is 0.118 e. The molecule has 0 aliphatic rings. The van der Waals surface area contributed by atoms with E-state index in [2.05, 4.69) is 46.8 Å². The maximum atomic E-state index is 10.2. The summed E-state index contributed by atoms with van der Waals surface area (Å²) in [5, 5.41) is 20.5. The molecular weight excluding hydrogens is 320 g/mol. The molecule has 2 N–H and O–H groups in total. The van der Waals surface area contributed by atoms with Crippen LogP contribution in [0.1, 0.15) is 98.6 Å². The van der Waals surface area contributed by atoms with Gasteiger partial charge in [-0.05, 0) is 84.0 Å². The zero-order valence-electron chi connectivity index (χ0n) is 17.4. The molecule has 0 saturated heterocycles. The fraction of sp³-hybridized carbons (Fsp3) is 0.500. The summed E-state index contributed by atoms with van der Waals surface area (Å²) in [6.45, 7) is 15.1. The highest BCUT2D eigenvalue weighted by Gasteiger charge is 2.24. The largest absolute Gasteiger partial charge is 0.508 e. The highest BCUT2D eigenvalue weighted by Crippen LogP contribution is 2.42. The molecule has 0 aliphatic carbocycles. The minimum absolute atomic E-state index is 0.210. The molecule has 0 saturated carbocycles. The summed E-state index contributed by atoms with van der Waals surface area (Å²) in [6.07, 6.45) is 2.08. The van der Waals surface area contributed by atoms with E-state index in [1.165, 1.54) is 22.3 Å². The molecule has 2 aromatic carbocycles. The van der Waals surface area contributed by atoms with E-state index in [0.717, 1.165) is 24.0 Å². The van der Waals surface area contributed by atoms with Gasteiger partial charge in [-0.3, -0.25) is 0 Å². The molecule has 0 fully saturated rings. The van der Waals surface area contributed by atoms with Crippen LogP contribution in [0, 0.1) is 13.8 Å². The molecular formula is C24H34O2. The highest BCUT2D eigenvalue weighted by molar-refractivity contribution is 5.53. The monoisotopic (exact) mass is 354 g/mol. The molecule has 0 aliphatic heterocycles. The summed E-state index contributed by atoms with van der Waals surface area (Å²) < 4.78 is 0. The van der Waals surface area contributed by atoms with E-state index in [0.29, 0.717) is 23.3 Å². The van der Waals surface area contributed by atoms with Gasteiger partial charge in [0.15, 0.2) is 0 Å². The van der Waals surface area contributed by atoms with Gasteiger partial charge in [-0.1, -0.05) is 46.8 Å². The summed E-state index contributed by atoms with van der Waals surface area (Å²) >= 11 is 0. The number of aromatic hydroxyl groups is 2. The average Bonchev–Trinajstić information content (AvgIpc) is 2.64. The van der Waals surface area contributed by atoms with Crippen LogP contribution in [0.25, 0.3) is 0 Å². The molecule has 2 unspecified atom stereocenters. The Kier molecular flexibility index (Phi) is 6.39. The van der Waals surface area contributed by atoms with Crippen LogP contribution in [0.4, 0.5) is 0 Å². The van der Waals surface area contributed by atoms with Crippen LogP contribution in [0.2, 0.25) is 0 Å². The van der Waals surface area contributed by atoms with Crippen molar-refractivity contribution in [1.29, 1.82) is 0 Å². The van der Waals surface area contributed by atoms with Crippen LogP contribution in [0.15, 0.2) is 24.3 Å². The molecule has 0 heterocycles. The lowest BCUT2D eigenvalue weighted by Crippen LogP contribution is -2.10. The second kappa shape index (κ2) is 8.16. The first-order valence-corrected chi connectivity index (χ1v) is 9.89. The molecule has 0 spiro atoms. The average molecular weight is 355 g/mol. The quantitative estimate of drug-likeness (QED) is 0.592. The maximum absolute atomic E-state index is 10.2. The van der Waals surface area contributed by atoms with Gasteiger partial charge in [0.05, 0.1) is 0 Å². The van der Waals surface area contributed by atoms with Gasteiger partial charge in [-0.25, -0.2) is 0 Å². The summed E-state index contributed by atoms with van der Waals surface area (Å²) in [4.78, 5) is 0. The lowest BCUT2D eigenvalue weighted by Gasteiger charge is -2.27. The van der Waals surface area contributed by atoms with Gasteiger partial charge in [0.2, 0.25) is 0 Å². The predicted molar refractivity (Wildman–Crippen MR) is 111 cm³/mol. The first kappa shape index (κ1) is 20.4. The molecule has 0 amide bonds. The Hall–Kier alpha value is -1.96. The van der Waals surface area contributed by atoms with Crippen molar-refractivity contribution in [3.63, 3.8) is 0 Å². The van der Waals surface area contributed by atoms with E-state index in [1.807, 2.05) is 26.0 Å². The third-order valence-corrected chi connectivity index (χ3v) is 6.18. The van der Waals surface area contributed by atoms with Crippen LogP contribution in [0.5, 0.6) is 11.5 Å². The SMILES string of the molecule is CCC(C)c1c(C(C)c2ccc(O)c(C)c2C(C)CC)ccc(O)c1C. The first-order chi connectivity index (χ1) is 12.2. The third-order valence-electron chi connectivity index (χ3n) is 6.18. The zero-order chi connectivity index (χ0) is 19.6. The molecule has 2 heteroatoms. The fourth-order valence-electron chi connectivity index (χ4n) is 4.12. The van der Waals surface area contributed by atoms with Gasteiger partial charge in [0.25, 0.3) is 0 Å². The normalized spacial score (nSPS) is 14.9. The number of hydrogen-bond acceptors (Lipinski definition) is 2. The van der Waals surface area contributed by atoms with Crippen LogP contribution in [-0.2, 0) is 0 Å². The summed E-state index contributed by atoms with van der Waals surface area (Å²) in [5.74, 6) is 1.75. The van der Waals surface area contributed by atoms with Gasteiger partial charge >= 0.3 is 0 Å². The Balaban J connectivity index is 2.70. The summed E-state index contributed by atoms with van der Waals surface area (Å²) in [5.41, 5.74) is 7.07. The van der Waals surface area contributed by atoms with E-state index in [9.17, 15) is 10.2 Å². The first-order valence-electron chi connectivity index (χ1n) is 9.89. The number of phenols is 2. The zero-order valence-corrected chi connectivity index (χ0v) is 17.4. The van der Waals surface area contributed by atoms with E-state index in [4.69, 9.17) is 0 Å². The highest BCUT2D eigenvalue weighted by atomic mass is 16.3. The minimum atomic E-state index is 0.210. The van der Waals surface area contributed by atoms with Crippen LogP contribution < -0.4 is 0 Å². The van der Waals surface area contributed by atoms with Gasteiger partial charge < -0.3 is 10.2 Å². The number of hydrogen-bond donors (Lipinski definition) is 2. The van der Waals surface area contributed by atoms with E-state index in [-0.39, 0.29) is 5.92 Å². The summed E-state index contributed by atoms with van der Waals surface area (Å²) in [7, 11) is 0. The van der Waals surface area contributed by atoms with Crippen LogP contribution in [-0.4, -0.2) is 10.2 Å². The van der Waals surface area contributed by atoms with E-state index < -0.39 is 0 Å². The van der Waals surface area contributed by atoms with Crippen molar-refractivity contribution >= 4 is 0 Å². The van der Waals surface area contributed by atoms with E-state index >= 15 is 0 Å².